The van der Waals surface area contributed by atoms with Crippen LogP contribution in [0.3, 0.4) is 0 Å². The van der Waals surface area contributed by atoms with Crippen molar-refractivity contribution in [3.8, 4) is 0 Å². The minimum atomic E-state index is 0.0168. The third-order valence-electron chi connectivity index (χ3n) is 5.23. The van der Waals surface area contributed by atoms with Gasteiger partial charge < -0.3 is 10.2 Å². The number of amides is 1. The maximum absolute atomic E-state index is 12.8. The Morgan fingerprint density at radius 2 is 1.85 bits per heavy atom. The number of pyridine rings is 1. The van der Waals surface area contributed by atoms with E-state index in [-0.39, 0.29) is 17.9 Å². The molecule has 1 N–H and O–H groups in total. The van der Waals surface area contributed by atoms with Crippen LogP contribution in [0.5, 0.6) is 0 Å². The third kappa shape index (κ3) is 4.43. The first-order chi connectivity index (χ1) is 12.5. The van der Waals surface area contributed by atoms with Crippen LogP contribution in [0.1, 0.15) is 56.7 Å². The van der Waals surface area contributed by atoms with Crippen LogP contribution in [0.15, 0.2) is 48.7 Å². The van der Waals surface area contributed by atoms with Gasteiger partial charge in [-0.2, -0.15) is 0 Å². The van der Waals surface area contributed by atoms with E-state index in [1.165, 1.54) is 5.56 Å². The predicted octanol–water partition coefficient (Wildman–Crippen LogP) is 4.30. The average Bonchev–Trinajstić information content (AvgIpc) is 2.68. The lowest BCUT2D eigenvalue weighted by Gasteiger charge is -2.33. The smallest absolute Gasteiger partial charge is 0.225 e. The molecular formula is C22H29N3O. The van der Waals surface area contributed by atoms with E-state index in [4.69, 9.17) is 0 Å². The number of rotatable bonds is 5. The van der Waals surface area contributed by atoms with E-state index >= 15 is 0 Å². The van der Waals surface area contributed by atoms with Crippen molar-refractivity contribution in [1.82, 2.24) is 10.3 Å². The van der Waals surface area contributed by atoms with Gasteiger partial charge in [0.25, 0.3) is 0 Å². The maximum atomic E-state index is 12.8. The van der Waals surface area contributed by atoms with E-state index < -0.39 is 0 Å². The number of carbonyl (C=O) groups is 1. The summed E-state index contributed by atoms with van der Waals surface area (Å²) in [5.74, 6) is 1.64. The summed E-state index contributed by atoms with van der Waals surface area (Å²) in [6.07, 6.45) is 3.77. The van der Waals surface area contributed by atoms with E-state index in [9.17, 15) is 4.79 Å². The van der Waals surface area contributed by atoms with Crippen LogP contribution >= 0.6 is 0 Å². The van der Waals surface area contributed by atoms with Crippen molar-refractivity contribution < 1.29 is 4.79 Å². The number of nitrogens with one attached hydrogen (secondary N) is 1. The molecule has 4 heteroatoms. The zero-order chi connectivity index (χ0) is 18.5. The topological polar surface area (TPSA) is 45.2 Å². The van der Waals surface area contributed by atoms with E-state index in [1.54, 1.807) is 0 Å². The molecule has 1 aromatic carbocycles. The number of hydrogen-bond donors (Lipinski definition) is 1. The molecule has 3 rings (SSSR count). The Hall–Kier alpha value is -2.36. The van der Waals surface area contributed by atoms with Crippen LogP contribution in [-0.2, 0) is 4.79 Å². The fourth-order valence-electron chi connectivity index (χ4n) is 3.52. The highest BCUT2D eigenvalue weighted by molar-refractivity contribution is 5.80. The molecule has 4 nitrogen and oxygen atoms in total. The van der Waals surface area contributed by atoms with Crippen LogP contribution in [0.4, 0.5) is 5.82 Å². The van der Waals surface area contributed by atoms with E-state index in [0.717, 1.165) is 37.3 Å². The molecular weight excluding hydrogens is 322 g/mol. The first-order valence-electron chi connectivity index (χ1n) is 9.61. The minimum Gasteiger partial charge on any atom is -0.356 e. The zero-order valence-electron chi connectivity index (χ0n) is 16.0. The fraction of sp³-hybridized carbons (Fsp3) is 0.455. The third-order valence-corrected chi connectivity index (χ3v) is 5.23. The summed E-state index contributed by atoms with van der Waals surface area (Å²) in [7, 11) is 0. The Morgan fingerprint density at radius 3 is 2.50 bits per heavy atom. The van der Waals surface area contributed by atoms with Crippen LogP contribution < -0.4 is 10.2 Å². The van der Waals surface area contributed by atoms with E-state index in [0.29, 0.717) is 5.92 Å². The molecule has 0 aliphatic carbocycles. The van der Waals surface area contributed by atoms with Crippen molar-refractivity contribution in [2.75, 3.05) is 18.0 Å². The summed E-state index contributed by atoms with van der Waals surface area (Å²) < 4.78 is 0. The molecule has 1 aromatic heterocycles. The molecule has 1 aliphatic heterocycles. The van der Waals surface area contributed by atoms with Crippen molar-refractivity contribution in [2.24, 2.45) is 5.92 Å². The molecule has 1 saturated heterocycles. The molecule has 0 saturated carbocycles. The Labute approximate surface area is 156 Å². The van der Waals surface area contributed by atoms with E-state index in [2.05, 4.69) is 60.2 Å². The van der Waals surface area contributed by atoms with Crippen LogP contribution in [0.25, 0.3) is 0 Å². The second kappa shape index (κ2) is 8.35. The Bertz CT molecular complexity index is 712. The minimum absolute atomic E-state index is 0.0168. The van der Waals surface area contributed by atoms with Crippen LogP contribution in [0.2, 0.25) is 0 Å². The highest BCUT2D eigenvalue weighted by Gasteiger charge is 2.27. The fourth-order valence-corrected chi connectivity index (χ4v) is 3.52. The highest BCUT2D eigenvalue weighted by atomic mass is 16.2. The first kappa shape index (κ1) is 18.4. The van der Waals surface area contributed by atoms with Gasteiger partial charge in [-0.15, -0.1) is 0 Å². The van der Waals surface area contributed by atoms with Gasteiger partial charge in [-0.25, -0.2) is 4.98 Å². The predicted molar refractivity (Wildman–Crippen MR) is 106 cm³/mol. The Morgan fingerprint density at radius 1 is 1.12 bits per heavy atom. The summed E-state index contributed by atoms with van der Waals surface area (Å²) in [4.78, 5) is 19.4. The molecule has 2 heterocycles. The highest BCUT2D eigenvalue weighted by Crippen LogP contribution is 2.23. The largest absolute Gasteiger partial charge is 0.356 e. The molecule has 2 atom stereocenters. The molecule has 26 heavy (non-hydrogen) atoms. The summed E-state index contributed by atoms with van der Waals surface area (Å²) in [5.41, 5.74) is 2.48. The second-order valence-electron chi connectivity index (χ2n) is 7.52. The lowest BCUT2D eigenvalue weighted by Crippen LogP contribution is -2.44. The number of nitrogens with zero attached hydrogens (tertiary/aromatic N) is 2. The average molecular weight is 351 g/mol. The number of piperidine rings is 1. The number of carbonyl (C=O) groups excluding carboxylic acids is 1. The van der Waals surface area contributed by atoms with Gasteiger partial charge in [0, 0.05) is 19.3 Å². The molecule has 0 unspecified atom stereocenters. The number of aromatic nitrogens is 1. The van der Waals surface area contributed by atoms with Crippen molar-refractivity contribution >= 4 is 11.7 Å². The summed E-state index contributed by atoms with van der Waals surface area (Å²) in [6, 6.07) is 14.5. The van der Waals surface area contributed by atoms with Crippen molar-refractivity contribution in [3.05, 3.63) is 59.8 Å². The normalized spacial score (nSPS) is 18.6. The Balaban J connectivity index is 1.60. The van der Waals surface area contributed by atoms with Gasteiger partial charge in [0.15, 0.2) is 0 Å². The zero-order valence-corrected chi connectivity index (χ0v) is 16.0. The molecule has 1 aliphatic rings. The van der Waals surface area contributed by atoms with Gasteiger partial charge in [0.05, 0.1) is 12.0 Å². The number of anilines is 1. The van der Waals surface area contributed by atoms with Gasteiger partial charge in [-0.1, -0.05) is 44.2 Å². The molecule has 0 spiro atoms. The van der Waals surface area contributed by atoms with Gasteiger partial charge in [-0.3, -0.25) is 4.79 Å². The standard InChI is InChI=1S/C22H29N3O/c1-16(2)18-9-11-19(12-10-18)17(3)24-22(26)20-7-6-14-25(15-20)21-8-4-5-13-23-21/h4-5,8-13,16-17,20H,6-7,14-15H2,1-3H3,(H,24,26)/t17-,20+/m1/s1. The number of hydrogen-bond acceptors (Lipinski definition) is 3. The molecule has 0 radical (unpaired) electrons. The molecule has 138 valence electrons. The first-order valence-corrected chi connectivity index (χ1v) is 9.61. The number of benzene rings is 1. The summed E-state index contributed by atoms with van der Waals surface area (Å²) in [6.45, 7) is 8.14. The van der Waals surface area contributed by atoms with Crippen LogP contribution in [-0.4, -0.2) is 24.0 Å². The molecule has 0 bridgehead atoms. The summed E-state index contributed by atoms with van der Waals surface area (Å²) in [5, 5.41) is 3.20. The SMILES string of the molecule is CC(C)c1ccc([C@@H](C)NC(=O)[C@H]2CCCN(c3ccccn3)C2)cc1. The maximum Gasteiger partial charge on any atom is 0.225 e. The van der Waals surface area contributed by atoms with Gasteiger partial charge in [0.2, 0.25) is 5.91 Å². The van der Waals surface area contributed by atoms with Gasteiger partial charge in [-0.05, 0) is 48.9 Å². The van der Waals surface area contributed by atoms with E-state index in [1.807, 2.05) is 24.4 Å². The van der Waals surface area contributed by atoms with Crippen molar-refractivity contribution in [3.63, 3.8) is 0 Å². The molecule has 2 aromatic rings. The van der Waals surface area contributed by atoms with Gasteiger partial charge in [0.1, 0.15) is 5.82 Å². The lowest BCUT2D eigenvalue weighted by molar-refractivity contribution is -0.125. The van der Waals surface area contributed by atoms with Gasteiger partial charge >= 0.3 is 0 Å². The lowest BCUT2D eigenvalue weighted by atomic mass is 9.95. The summed E-state index contributed by atoms with van der Waals surface area (Å²) >= 11 is 0. The van der Waals surface area contributed by atoms with Crippen molar-refractivity contribution in [1.29, 1.82) is 0 Å². The second-order valence-corrected chi connectivity index (χ2v) is 7.52. The monoisotopic (exact) mass is 351 g/mol. The van der Waals surface area contributed by atoms with Crippen LogP contribution in [0, 0.1) is 5.92 Å². The quantitative estimate of drug-likeness (QED) is 0.873. The Kier molecular flexibility index (Phi) is 5.92. The molecule has 1 fully saturated rings. The molecule has 1 amide bonds. The van der Waals surface area contributed by atoms with Crippen molar-refractivity contribution in [2.45, 2.75) is 45.6 Å².